The van der Waals surface area contributed by atoms with Crippen LogP contribution in [0.4, 0.5) is 0 Å². The number of nitrogens with zero attached hydrogens (tertiary/aromatic N) is 2. The zero-order chi connectivity index (χ0) is 13.1. The van der Waals surface area contributed by atoms with Gasteiger partial charge in [-0.15, -0.1) is 11.3 Å². The Morgan fingerprint density at radius 3 is 3.11 bits per heavy atom. The van der Waals surface area contributed by atoms with Gasteiger partial charge in [-0.25, -0.2) is 5.48 Å². The van der Waals surface area contributed by atoms with Gasteiger partial charge < -0.3 is 0 Å². The first-order valence-electron chi connectivity index (χ1n) is 5.18. The smallest absolute Gasteiger partial charge is 0.266 e. The van der Waals surface area contributed by atoms with E-state index < -0.39 is 6.04 Å². The number of hydrogen-bond donors (Lipinski definition) is 2. The second kappa shape index (κ2) is 5.42. The number of aromatic nitrogens is 3. The van der Waals surface area contributed by atoms with Crippen LogP contribution in [-0.2, 0) is 9.63 Å². The maximum atomic E-state index is 11.8. The Kier molecular flexibility index (Phi) is 3.90. The van der Waals surface area contributed by atoms with E-state index in [1.807, 2.05) is 17.5 Å². The van der Waals surface area contributed by atoms with Crippen molar-refractivity contribution < 1.29 is 9.63 Å². The van der Waals surface area contributed by atoms with Crippen LogP contribution in [-0.4, -0.2) is 27.8 Å². The standard InChI is InChI=1S/C10H12N4O2S2/c1-6(9(15)13-16-2)14-8(11-12-10(14)17)7-4-3-5-18-7/h3-6H,1-2H3,(H,12,17)(H,13,15)/t6-/m0/s1. The molecule has 1 atom stereocenters. The number of H-pyrrole nitrogens is 1. The summed E-state index contributed by atoms with van der Waals surface area (Å²) in [6, 6.07) is 3.34. The summed E-state index contributed by atoms with van der Waals surface area (Å²) < 4.78 is 2.06. The highest BCUT2D eigenvalue weighted by molar-refractivity contribution is 7.71. The van der Waals surface area contributed by atoms with E-state index in [1.54, 1.807) is 11.5 Å². The van der Waals surface area contributed by atoms with Gasteiger partial charge in [-0.3, -0.25) is 19.3 Å². The molecule has 0 aliphatic rings. The molecule has 2 N–H and O–H groups in total. The van der Waals surface area contributed by atoms with Gasteiger partial charge in [0.05, 0.1) is 12.0 Å². The first-order chi connectivity index (χ1) is 8.65. The van der Waals surface area contributed by atoms with E-state index in [4.69, 9.17) is 12.2 Å². The Labute approximate surface area is 113 Å². The van der Waals surface area contributed by atoms with Crippen LogP contribution >= 0.6 is 23.6 Å². The Morgan fingerprint density at radius 1 is 1.72 bits per heavy atom. The lowest BCUT2D eigenvalue weighted by atomic mass is 10.3. The lowest BCUT2D eigenvalue weighted by Gasteiger charge is -2.13. The summed E-state index contributed by atoms with van der Waals surface area (Å²) in [7, 11) is 1.39. The molecule has 8 heteroatoms. The normalized spacial score (nSPS) is 12.3. The quantitative estimate of drug-likeness (QED) is 0.664. The molecule has 0 aromatic carbocycles. The fraction of sp³-hybridized carbons (Fsp3) is 0.300. The summed E-state index contributed by atoms with van der Waals surface area (Å²) in [5.41, 5.74) is 2.29. The molecule has 0 saturated carbocycles. The molecule has 0 fully saturated rings. The van der Waals surface area contributed by atoms with Crippen molar-refractivity contribution in [1.82, 2.24) is 20.2 Å². The molecule has 0 radical (unpaired) electrons. The van der Waals surface area contributed by atoms with Crippen LogP contribution in [0, 0.1) is 4.77 Å². The van der Waals surface area contributed by atoms with Crippen molar-refractivity contribution in [3.8, 4) is 10.7 Å². The highest BCUT2D eigenvalue weighted by Crippen LogP contribution is 2.25. The van der Waals surface area contributed by atoms with Gasteiger partial charge in [-0.2, -0.15) is 5.10 Å². The van der Waals surface area contributed by atoms with Crippen LogP contribution in [0.25, 0.3) is 10.7 Å². The van der Waals surface area contributed by atoms with E-state index >= 15 is 0 Å². The second-order valence-electron chi connectivity index (χ2n) is 3.55. The summed E-state index contributed by atoms with van der Waals surface area (Å²) in [6.45, 7) is 1.73. The third kappa shape index (κ3) is 2.35. The van der Waals surface area contributed by atoms with Crippen LogP contribution in [0.2, 0.25) is 0 Å². The Bertz CT molecular complexity index is 587. The Balaban J connectivity index is 2.42. The SMILES string of the molecule is CONC(=O)[C@H](C)n1c(-c2cccs2)n[nH]c1=S. The van der Waals surface area contributed by atoms with E-state index in [-0.39, 0.29) is 5.91 Å². The third-order valence-electron chi connectivity index (χ3n) is 2.42. The molecule has 0 unspecified atom stereocenters. The number of nitrogens with one attached hydrogen (secondary N) is 2. The zero-order valence-electron chi connectivity index (χ0n) is 9.84. The van der Waals surface area contributed by atoms with E-state index in [9.17, 15) is 4.79 Å². The molecule has 6 nitrogen and oxygen atoms in total. The molecular weight excluding hydrogens is 272 g/mol. The molecule has 0 spiro atoms. The molecule has 18 heavy (non-hydrogen) atoms. The monoisotopic (exact) mass is 284 g/mol. The third-order valence-corrected chi connectivity index (χ3v) is 3.57. The molecule has 2 rings (SSSR count). The van der Waals surface area contributed by atoms with E-state index in [0.29, 0.717) is 10.6 Å². The van der Waals surface area contributed by atoms with Crippen LogP contribution in [0.1, 0.15) is 13.0 Å². The number of carbonyl (C=O) groups is 1. The van der Waals surface area contributed by atoms with Gasteiger partial charge in [0.2, 0.25) is 0 Å². The first kappa shape index (κ1) is 12.9. The van der Waals surface area contributed by atoms with Gasteiger partial charge >= 0.3 is 0 Å². The molecule has 0 saturated heterocycles. The van der Waals surface area contributed by atoms with Crippen molar-refractivity contribution in [2.45, 2.75) is 13.0 Å². The Hall–Kier alpha value is -1.51. The van der Waals surface area contributed by atoms with Gasteiger partial charge in [-0.1, -0.05) is 6.07 Å². The highest BCUT2D eigenvalue weighted by Gasteiger charge is 2.21. The Morgan fingerprint density at radius 2 is 2.50 bits per heavy atom. The number of carbonyl (C=O) groups excluding carboxylic acids is 1. The summed E-state index contributed by atoms with van der Waals surface area (Å²) in [4.78, 5) is 17.3. The first-order valence-corrected chi connectivity index (χ1v) is 6.47. The molecule has 96 valence electrons. The van der Waals surface area contributed by atoms with Crippen LogP contribution in [0.3, 0.4) is 0 Å². The second-order valence-corrected chi connectivity index (χ2v) is 4.88. The number of amides is 1. The molecular formula is C10H12N4O2S2. The molecule has 0 aliphatic heterocycles. The lowest BCUT2D eigenvalue weighted by Crippen LogP contribution is -2.30. The minimum absolute atomic E-state index is 0.284. The van der Waals surface area contributed by atoms with Crippen molar-refractivity contribution in [3.63, 3.8) is 0 Å². The summed E-state index contributed by atoms with van der Waals surface area (Å²) in [6.07, 6.45) is 0. The van der Waals surface area contributed by atoms with Crippen molar-refractivity contribution in [2.75, 3.05) is 7.11 Å². The van der Waals surface area contributed by atoms with Crippen LogP contribution in [0.5, 0.6) is 0 Å². The number of hydrogen-bond acceptors (Lipinski definition) is 5. The minimum atomic E-state index is -0.506. The van der Waals surface area contributed by atoms with Gasteiger partial charge in [0.25, 0.3) is 5.91 Å². The number of rotatable bonds is 4. The van der Waals surface area contributed by atoms with Crippen LogP contribution < -0.4 is 5.48 Å². The molecule has 1 amide bonds. The fourth-order valence-corrected chi connectivity index (χ4v) is 2.55. The van der Waals surface area contributed by atoms with Crippen molar-refractivity contribution in [1.29, 1.82) is 0 Å². The predicted molar refractivity (Wildman–Crippen MR) is 70.6 cm³/mol. The van der Waals surface area contributed by atoms with Gasteiger partial charge in [0.15, 0.2) is 10.6 Å². The van der Waals surface area contributed by atoms with E-state index in [0.717, 1.165) is 4.88 Å². The fourth-order valence-electron chi connectivity index (χ4n) is 1.55. The molecule has 0 bridgehead atoms. The van der Waals surface area contributed by atoms with Crippen molar-refractivity contribution in [2.24, 2.45) is 0 Å². The predicted octanol–water partition coefficient (Wildman–Crippen LogP) is 1.91. The summed E-state index contributed by atoms with van der Waals surface area (Å²) >= 11 is 6.69. The van der Waals surface area contributed by atoms with Crippen LogP contribution in [0.15, 0.2) is 17.5 Å². The largest absolute Gasteiger partial charge is 0.287 e. The van der Waals surface area contributed by atoms with Gasteiger partial charge in [0.1, 0.15) is 6.04 Å². The van der Waals surface area contributed by atoms with Crippen molar-refractivity contribution >= 4 is 29.5 Å². The molecule has 2 aromatic rings. The maximum absolute atomic E-state index is 11.8. The average molecular weight is 284 g/mol. The molecule has 0 aliphatic carbocycles. The summed E-state index contributed by atoms with van der Waals surface area (Å²) in [5.74, 6) is 0.363. The summed E-state index contributed by atoms with van der Waals surface area (Å²) in [5, 5.41) is 8.80. The zero-order valence-corrected chi connectivity index (χ0v) is 11.5. The van der Waals surface area contributed by atoms with E-state index in [1.165, 1.54) is 18.4 Å². The topological polar surface area (TPSA) is 71.9 Å². The number of thiophene rings is 1. The lowest BCUT2D eigenvalue weighted by molar-refractivity contribution is -0.134. The minimum Gasteiger partial charge on any atom is -0.287 e. The maximum Gasteiger partial charge on any atom is 0.266 e. The van der Waals surface area contributed by atoms with E-state index in [2.05, 4.69) is 20.5 Å². The van der Waals surface area contributed by atoms with Gasteiger partial charge in [0, 0.05) is 0 Å². The number of aromatic amines is 1. The molecule has 2 aromatic heterocycles. The van der Waals surface area contributed by atoms with Gasteiger partial charge in [-0.05, 0) is 30.6 Å². The van der Waals surface area contributed by atoms with Crippen molar-refractivity contribution in [3.05, 3.63) is 22.3 Å². The average Bonchev–Trinajstić information content (AvgIpc) is 2.97. The number of hydroxylamine groups is 1. The molecule has 2 heterocycles. The highest BCUT2D eigenvalue weighted by atomic mass is 32.1.